The number of hydrogen-bond donors (Lipinski definition) is 1. The highest BCUT2D eigenvalue weighted by Crippen LogP contribution is 2.38. The molecule has 3 aromatic rings. The van der Waals surface area contributed by atoms with Crippen molar-refractivity contribution < 1.29 is 14.0 Å². The summed E-state index contributed by atoms with van der Waals surface area (Å²) in [4.78, 5) is 26.8. The molecule has 0 saturated carbocycles. The number of thioether (sulfide) groups is 1. The van der Waals surface area contributed by atoms with E-state index in [1.807, 2.05) is 55.5 Å². The average molecular weight is 565 g/mol. The molecule has 1 saturated heterocycles. The first-order valence-electron chi connectivity index (χ1n) is 11.4. The van der Waals surface area contributed by atoms with Crippen LogP contribution in [0.1, 0.15) is 35.6 Å². The Labute approximate surface area is 220 Å². The van der Waals surface area contributed by atoms with Crippen LogP contribution in [-0.2, 0) is 9.59 Å². The smallest absolute Gasteiger partial charge is 0.247 e. The molecule has 2 heterocycles. The largest absolute Gasteiger partial charge is 0.277 e. The van der Waals surface area contributed by atoms with E-state index >= 15 is 0 Å². The lowest BCUT2D eigenvalue weighted by molar-refractivity contribution is -0.121. The van der Waals surface area contributed by atoms with Gasteiger partial charge in [-0.25, -0.2) is 14.3 Å². The van der Waals surface area contributed by atoms with Crippen molar-refractivity contribution in [1.29, 1.82) is 5.41 Å². The molecule has 5 rings (SSSR count). The van der Waals surface area contributed by atoms with Crippen molar-refractivity contribution in [2.75, 3.05) is 4.90 Å². The summed E-state index contributed by atoms with van der Waals surface area (Å²) in [7, 11) is 0. The number of aryl methyl sites for hydroxylation is 1. The zero-order valence-electron chi connectivity index (χ0n) is 19.3. The maximum absolute atomic E-state index is 13.3. The van der Waals surface area contributed by atoms with Gasteiger partial charge in [0.05, 0.1) is 17.4 Å². The number of rotatable bonds is 4. The van der Waals surface area contributed by atoms with Gasteiger partial charge in [0.2, 0.25) is 11.8 Å². The van der Waals surface area contributed by atoms with Crippen molar-refractivity contribution in [2.45, 2.75) is 31.1 Å². The van der Waals surface area contributed by atoms with Crippen molar-refractivity contribution in [1.82, 2.24) is 5.01 Å². The normalized spacial score (nSPS) is 19.7. The van der Waals surface area contributed by atoms with Crippen LogP contribution in [0, 0.1) is 18.2 Å². The van der Waals surface area contributed by atoms with E-state index in [-0.39, 0.29) is 23.5 Å². The molecule has 0 radical (unpaired) electrons. The molecule has 6 nitrogen and oxygen atoms in total. The second kappa shape index (κ2) is 9.99. The number of carbonyl (C=O) groups excluding carboxylic acids is 2. The number of imide groups is 1. The van der Waals surface area contributed by atoms with Crippen LogP contribution in [0.4, 0.5) is 10.1 Å². The third-order valence-corrected chi connectivity index (χ3v) is 7.79. The maximum Gasteiger partial charge on any atom is 0.247 e. The topological polar surface area (TPSA) is 76.8 Å². The Balaban J connectivity index is 1.39. The third kappa shape index (κ3) is 4.85. The van der Waals surface area contributed by atoms with Crippen LogP contribution in [-0.4, -0.2) is 33.0 Å². The Bertz CT molecular complexity index is 1360. The summed E-state index contributed by atoms with van der Waals surface area (Å²) in [6.07, 6.45) is 0.571. The summed E-state index contributed by atoms with van der Waals surface area (Å²) >= 11 is 4.50. The average Bonchev–Trinajstić information content (AvgIpc) is 3.42. The molecule has 9 heteroatoms. The minimum Gasteiger partial charge on any atom is -0.277 e. The molecule has 0 spiro atoms. The van der Waals surface area contributed by atoms with E-state index < -0.39 is 17.0 Å². The Kier molecular flexibility index (Phi) is 6.77. The highest BCUT2D eigenvalue weighted by atomic mass is 79.9. The number of nitrogens with zero attached hydrogens (tertiary/aromatic N) is 3. The molecule has 0 bridgehead atoms. The summed E-state index contributed by atoms with van der Waals surface area (Å²) in [5.41, 5.74) is 4.32. The maximum atomic E-state index is 13.3. The van der Waals surface area contributed by atoms with Crippen LogP contribution in [0.3, 0.4) is 0 Å². The number of nitrogens with one attached hydrogen (secondary N) is 1. The van der Waals surface area contributed by atoms with E-state index in [2.05, 4.69) is 15.9 Å². The second-order valence-corrected chi connectivity index (χ2v) is 10.8. The highest BCUT2D eigenvalue weighted by molar-refractivity contribution is 9.10. The monoisotopic (exact) mass is 564 g/mol. The zero-order valence-corrected chi connectivity index (χ0v) is 21.7. The van der Waals surface area contributed by atoms with Gasteiger partial charge in [-0.15, -0.1) is 0 Å². The van der Waals surface area contributed by atoms with Gasteiger partial charge < -0.3 is 0 Å². The lowest BCUT2D eigenvalue weighted by Gasteiger charge is -2.24. The van der Waals surface area contributed by atoms with Gasteiger partial charge in [0, 0.05) is 17.3 Å². The van der Waals surface area contributed by atoms with Crippen LogP contribution < -0.4 is 4.90 Å². The highest BCUT2D eigenvalue weighted by Gasteiger charge is 2.42. The standard InChI is InChI=1S/C27H22BrFN4O2S/c1-16-2-4-17(5-3-16)22-14-23(18-6-8-19(28)9-7-18)33(31-22)27(30)36-24-15-25(34)32(26(24)35)21-12-10-20(29)11-13-21/h2-13,23-24,30H,14-15H2,1H3/t23-,24-/m0/s1. The van der Waals surface area contributed by atoms with Crippen LogP contribution in [0.25, 0.3) is 0 Å². The van der Waals surface area contributed by atoms with Gasteiger partial charge in [-0.1, -0.05) is 69.7 Å². The molecule has 0 unspecified atom stereocenters. The number of amidine groups is 1. The van der Waals surface area contributed by atoms with Gasteiger partial charge in [-0.2, -0.15) is 5.10 Å². The molecule has 2 amide bonds. The van der Waals surface area contributed by atoms with E-state index in [0.29, 0.717) is 12.1 Å². The minimum atomic E-state index is -0.751. The molecule has 0 aromatic heterocycles. The van der Waals surface area contributed by atoms with Gasteiger partial charge in [0.25, 0.3) is 0 Å². The van der Waals surface area contributed by atoms with Crippen molar-refractivity contribution in [3.8, 4) is 0 Å². The van der Waals surface area contributed by atoms with Gasteiger partial charge in [-0.3, -0.25) is 15.0 Å². The molecular weight excluding hydrogens is 543 g/mol. The summed E-state index contributed by atoms with van der Waals surface area (Å²) < 4.78 is 14.3. The predicted molar refractivity (Wildman–Crippen MR) is 144 cm³/mol. The van der Waals surface area contributed by atoms with Gasteiger partial charge >= 0.3 is 0 Å². The van der Waals surface area contributed by atoms with E-state index in [9.17, 15) is 14.0 Å². The van der Waals surface area contributed by atoms with Crippen LogP contribution in [0.15, 0.2) is 82.4 Å². The van der Waals surface area contributed by atoms with E-state index in [1.54, 1.807) is 5.01 Å². The quantitative estimate of drug-likeness (QED) is 0.238. The van der Waals surface area contributed by atoms with Gasteiger partial charge in [0.15, 0.2) is 5.17 Å². The van der Waals surface area contributed by atoms with Crippen molar-refractivity contribution >= 4 is 56.1 Å². The SMILES string of the molecule is Cc1ccc(C2=NN(C(=N)S[C@H]3CC(=O)N(c4ccc(F)cc4)C3=O)[C@H](c3ccc(Br)cc3)C2)cc1. The lowest BCUT2D eigenvalue weighted by atomic mass is 9.98. The number of amides is 2. The molecule has 0 aliphatic carbocycles. The Morgan fingerprint density at radius 3 is 2.33 bits per heavy atom. The molecule has 1 fully saturated rings. The predicted octanol–water partition coefficient (Wildman–Crippen LogP) is 6.05. The van der Waals surface area contributed by atoms with Gasteiger partial charge in [-0.05, 0) is 54.4 Å². The second-order valence-electron chi connectivity index (χ2n) is 8.69. The van der Waals surface area contributed by atoms with Crippen molar-refractivity contribution in [3.63, 3.8) is 0 Å². The third-order valence-electron chi connectivity index (χ3n) is 6.20. The molecular formula is C27H22BrFN4O2S. The number of hydrogen-bond acceptors (Lipinski definition) is 5. The number of anilines is 1. The first-order chi connectivity index (χ1) is 17.3. The van der Waals surface area contributed by atoms with Crippen molar-refractivity contribution in [2.24, 2.45) is 5.10 Å². The summed E-state index contributed by atoms with van der Waals surface area (Å²) in [6, 6.07) is 21.0. The van der Waals surface area contributed by atoms with Gasteiger partial charge in [0.1, 0.15) is 11.1 Å². The Morgan fingerprint density at radius 1 is 1.00 bits per heavy atom. The fourth-order valence-corrected chi connectivity index (χ4v) is 5.55. The Hall–Kier alpha value is -3.30. The fraction of sp³-hybridized carbons (Fsp3) is 0.185. The fourth-order valence-electron chi connectivity index (χ4n) is 4.31. The van der Waals surface area contributed by atoms with E-state index in [1.165, 1.54) is 24.3 Å². The molecule has 2 aliphatic rings. The molecule has 2 aliphatic heterocycles. The molecule has 2 atom stereocenters. The molecule has 1 N–H and O–H groups in total. The summed E-state index contributed by atoms with van der Waals surface area (Å²) in [5, 5.41) is 14.6. The van der Waals surface area contributed by atoms with E-state index in [4.69, 9.17) is 10.5 Å². The molecule has 36 heavy (non-hydrogen) atoms. The number of carbonyl (C=O) groups is 2. The number of hydrazone groups is 1. The molecule has 182 valence electrons. The molecule has 3 aromatic carbocycles. The van der Waals surface area contributed by atoms with Crippen LogP contribution in [0.5, 0.6) is 0 Å². The first kappa shape index (κ1) is 24.4. The summed E-state index contributed by atoms with van der Waals surface area (Å²) in [6.45, 7) is 2.03. The Morgan fingerprint density at radius 2 is 1.67 bits per heavy atom. The first-order valence-corrected chi connectivity index (χ1v) is 13.0. The minimum absolute atomic E-state index is 0.0332. The van der Waals surface area contributed by atoms with Crippen LogP contribution >= 0.6 is 27.7 Å². The number of benzene rings is 3. The lowest BCUT2D eigenvalue weighted by Crippen LogP contribution is -2.32. The number of halogens is 2. The zero-order chi connectivity index (χ0) is 25.4. The van der Waals surface area contributed by atoms with Crippen molar-refractivity contribution in [3.05, 3.63) is 99.8 Å². The van der Waals surface area contributed by atoms with E-state index in [0.717, 1.165) is 43.5 Å². The van der Waals surface area contributed by atoms with Crippen LogP contribution in [0.2, 0.25) is 0 Å². The summed E-state index contributed by atoms with van der Waals surface area (Å²) in [5.74, 6) is -1.23.